The summed E-state index contributed by atoms with van der Waals surface area (Å²) in [5, 5.41) is 24.3. The number of dihydropyridines is 1. The number of hydrogen-bond acceptors (Lipinski definition) is 8. The molecule has 5 rings (SSSR count). The Balaban J connectivity index is 1.40. The van der Waals surface area contributed by atoms with Crippen molar-refractivity contribution >= 4 is 17.6 Å². The maximum Gasteiger partial charge on any atom is 0.338 e. The molecule has 0 fully saturated rings. The highest BCUT2D eigenvalue weighted by atomic mass is 16.5. The lowest BCUT2D eigenvalue weighted by Crippen LogP contribution is -2.37. The second-order valence-corrected chi connectivity index (χ2v) is 11.2. The van der Waals surface area contributed by atoms with Gasteiger partial charge in [-0.3, -0.25) is 0 Å². The van der Waals surface area contributed by atoms with Crippen LogP contribution >= 0.6 is 0 Å². The zero-order valence-corrected chi connectivity index (χ0v) is 26.5. The Morgan fingerprint density at radius 1 is 0.688 bits per heavy atom. The van der Waals surface area contributed by atoms with Crippen LogP contribution in [0.5, 0.6) is 0 Å². The lowest BCUT2D eigenvalue weighted by Gasteiger charge is -2.29. The Kier molecular flexibility index (Phi) is 11.9. The first kappa shape index (κ1) is 33.9. The van der Waals surface area contributed by atoms with Crippen LogP contribution in [0.1, 0.15) is 29.2 Å². The molecule has 1 aliphatic rings. The van der Waals surface area contributed by atoms with Crippen LogP contribution in [0.15, 0.2) is 138 Å². The first-order valence-electron chi connectivity index (χ1n) is 15.6. The van der Waals surface area contributed by atoms with E-state index >= 15 is 0 Å². The summed E-state index contributed by atoms with van der Waals surface area (Å²) in [5.41, 5.74) is 4.23. The first-order chi connectivity index (χ1) is 23.4. The predicted octanol–water partition coefficient (Wildman–Crippen LogP) is 5.17. The standard InChI is InChI=1S/C40H37NO7/c1-28-36(39(44)48-27-35(43)34(42)26-46-24-30-16-8-3-9-17-30)33(23-22-29-14-6-2-7-15-29)37(38(41-28)32-20-12-5-13-21-32)40(45)47-25-31-18-10-4-11-19-31/h2-21,33-35,41-43H,24-27H2,1H3/t33-,34-,35-/m1/s1. The van der Waals surface area contributed by atoms with Gasteiger partial charge in [-0.05, 0) is 35.7 Å². The molecule has 48 heavy (non-hydrogen) atoms. The first-order valence-corrected chi connectivity index (χ1v) is 15.6. The molecule has 0 aliphatic carbocycles. The number of nitrogens with one attached hydrogen (secondary N) is 1. The minimum absolute atomic E-state index is 0.0168. The Morgan fingerprint density at radius 3 is 1.83 bits per heavy atom. The fourth-order valence-corrected chi connectivity index (χ4v) is 5.11. The number of carbonyl (C=O) groups is 2. The van der Waals surface area contributed by atoms with Crippen LogP contribution in [-0.2, 0) is 37.0 Å². The highest BCUT2D eigenvalue weighted by molar-refractivity contribution is 6.04. The molecule has 0 amide bonds. The van der Waals surface area contributed by atoms with Crippen molar-refractivity contribution in [3.8, 4) is 11.8 Å². The van der Waals surface area contributed by atoms with Crippen LogP contribution in [0.4, 0.5) is 0 Å². The molecule has 3 N–H and O–H groups in total. The maximum absolute atomic E-state index is 14.0. The number of carbonyl (C=O) groups excluding carboxylic acids is 2. The van der Waals surface area contributed by atoms with Crippen molar-refractivity contribution in [1.82, 2.24) is 5.32 Å². The quantitative estimate of drug-likeness (QED) is 0.143. The molecule has 0 saturated heterocycles. The van der Waals surface area contributed by atoms with Gasteiger partial charge in [-0.1, -0.05) is 121 Å². The lowest BCUT2D eigenvalue weighted by atomic mass is 9.84. The van der Waals surface area contributed by atoms with E-state index < -0.39 is 36.7 Å². The van der Waals surface area contributed by atoms with E-state index in [0.717, 1.165) is 11.1 Å². The zero-order valence-electron chi connectivity index (χ0n) is 26.5. The minimum atomic E-state index is -1.42. The van der Waals surface area contributed by atoms with Gasteiger partial charge in [0, 0.05) is 11.3 Å². The fourth-order valence-electron chi connectivity index (χ4n) is 5.11. The van der Waals surface area contributed by atoms with E-state index in [0.29, 0.717) is 22.5 Å². The molecule has 0 unspecified atom stereocenters. The van der Waals surface area contributed by atoms with Gasteiger partial charge in [0.25, 0.3) is 0 Å². The van der Waals surface area contributed by atoms with Gasteiger partial charge in [-0.2, -0.15) is 0 Å². The van der Waals surface area contributed by atoms with Gasteiger partial charge in [-0.15, -0.1) is 0 Å². The van der Waals surface area contributed by atoms with E-state index in [2.05, 4.69) is 17.2 Å². The summed E-state index contributed by atoms with van der Waals surface area (Å²) in [7, 11) is 0. The molecule has 0 radical (unpaired) electrons. The van der Waals surface area contributed by atoms with Crippen LogP contribution in [-0.4, -0.2) is 47.6 Å². The molecule has 4 aromatic carbocycles. The SMILES string of the molecule is CC1=C(C(=O)OC[C@@H](O)[C@H](O)COCc2ccccc2)[C@@H](C#Cc2ccccc2)C(C(=O)OCc2ccccc2)=C(c2ccccc2)N1. The minimum Gasteiger partial charge on any atom is -0.459 e. The topological polar surface area (TPSA) is 114 Å². The van der Waals surface area contributed by atoms with Crippen molar-refractivity contribution in [3.63, 3.8) is 0 Å². The van der Waals surface area contributed by atoms with Crippen molar-refractivity contribution in [1.29, 1.82) is 0 Å². The molecular weight excluding hydrogens is 606 g/mol. The fraction of sp³-hybridized carbons (Fsp3) is 0.200. The molecule has 3 atom stereocenters. The molecule has 1 heterocycles. The number of allylic oxidation sites excluding steroid dienone is 1. The van der Waals surface area contributed by atoms with Gasteiger partial charge in [0.1, 0.15) is 25.4 Å². The molecule has 0 saturated carbocycles. The molecular formula is C40H37NO7. The number of aliphatic hydroxyl groups is 2. The number of esters is 2. The Labute approximate surface area is 280 Å². The van der Waals surface area contributed by atoms with Gasteiger partial charge in [0.2, 0.25) is 0 Å². The van der Waals surface area contributed by atoms with Crippen LogP contribution in [0.2, 0.25) is 0 Å². The van der Waals surface area contributed by atoms with Gasteiger partial charge in [0.05, 0.1) is 36.0 Å². The molecule has 8 nitrogen and oxygen atoms in total. The van der Waals surface area contributed by atoms with E-state index in [4.69, 9.17) is 14.2 Å². The van der Waals surface area contributed by atoms with Crippen molar-refractivity contribution in [2.75, 3.05) is 13.2 Å². The summed E-state index contributed by atoms with van der Waals surface area (Å²) in [5.74, 6) is 3.74. The van der Waals surface area contributed by atoms with Gasteiger partial charge >= 0.3 is 11.9 Å². The van der Waals surface area contributed by atoms with Crippen molar-refractivity contribution < 1.29 is 34.0 Å². The largest absolute Gasteiger partial charge is 0.459 e. The highest BCUT2D eigenvalue weighted by Gasteiger charge is 2.38. The normalized spacial score (nSPS) is 15.4. The van der Waals surface area contributed by atoms with E-state index in [1.54, 1.807) is 6.92 Å². The van der Waals surface area contributed by atoms with Gasteiger partial charge in [0.15, 0.2) is 0 Å². The number of rotatable bonds is 12. The second kappa shape index (κ2) is 16.9. The number of ether oxygens (including phenoxy) is 3. The number of benzene rings is 4. The van der Waals surface area contributed by atoms with Crippen LogP contribution in [0, 0.1) is 17.8 Å². The zero-order chi connectivity index (χ0) is 33.7. The third-order valence-corrected chi connectivity index (χ3v) is 7.64. The Hall–Kier alpha value is -5.46. The summed E-state index contributed by atoms with van der Waals surface area (Å²) >= 11 is 0. The van der Waals surface area contributed by atoms with Crippen molar-refractivity contribution in [2.24, 2.45) is 5.92 Å². The third kappa shape index (κ3) is 9.08. The van der Waals surface area contributed by atoms with E-state index in [1.807, 2.05) is 121 Å². The van der Waals surface area contributed by atoms with E-state index in [-0.39, 0.29) is 31.0 Å². The predicted molar refractivity (Wildman–Crippen MR) is 181 cm³/mol. The second-order valence-electron chi connectivity index (χ2n) is 11.2. The Bertz CT molecular complexity index is 1790. The maximum atomic E-state index is 14.0. The van der Waals surface area contributed by atoms with E-state index in [9.17, 15) is 19.8 Å². The van der Waals surface area contributed by atoms with Crippen molar-refractivity contribution in [3.05, 3.63) is 160 Å². The molecule has 1 aliphatic heterocycles. The Morgan fingerprint density at radius 2 is 1.21 bits per heavy atom. The van der Waals surface area contributed by atoms with Gasteiger partial charge in [-0.25, -0.2) is 9.59 Å². The highest BCUT2D eigenvalue weighted by Crippen LogP contribution is 2.35. The molecule has 244 valence electrons. The molecule has 0 aromatic heterocycles. The van der Waals surface area contributed by atoms with Crippen LogP contribution in [0.3, 0.4) is 0 Å². The molecule has 8 heteroatoms. The average molecular weight is 644 g/mol. The summed E-state index contributed by atoms with van der Waals surface area (Å²) in [6.45, 7) is 1.30. The smallest absolute Gasteiger partial charge is 0.338 e. The monoisotopic (exact) mass is 643 g/mol. The summed E-state index contributed by atoms with van der Waals surface area (Å²) in [4.78, 5) is 27.7. The van der Waals surface area contributed by atoms with Crippen LogP contribution < -0.4 is 5.32 Å². The summed E-state index contributed by atoms with van der Waals surface area (Å²) in [6.07, 6.45) is -2.72. The van der Waals surface area contributed by atoms with Crippen LogP contribution in [0.25, 0.3) is 5.70 Å². The summed E-state index contributed by atoms with van der Waals surface area (Å²) in [6, 6.07) is 37.2. The van der Waals surface area contributed by atoms with Gasteiger partial charge < -0.3 is 29.7 Å². The lowest BCUT2D eigenvalue weighted by molar-refractivity contribution is -0.146. The molecule has 0 bridgehead atoms. The average Bonchev–Trinajstić information content (AvgIpc) is 3.13. The van der Waals surface area contributed by atoms with E-state index in [1.165, 1.54) is 0 Å². The number of hydrogen-bond donors (Lipinski definition) is 3. The third-order valence-electron chi connectivity index (χ3n) is 7.64. The summed E-state index contributed by atoms with van der Waals surface area (Å²) < 4.78 is 16.9. The molecule has 0 spiro atoms. The number of aliphatic hydroxyl groups excluding tert-OH is 2. The molecule has 4 aromatic rings. The van der Waals surface area contributed by atoms with Crippen molar-refractivity contribution in [2.45, 2.75) is 32.3 Å².